The molecule has 26 heavy (non-hydrogen) atoms. The van der Waals surface area contributed by atoms with Crippen molar-refractivity contribution in [2.75, 3.05) is 14.2 Å². The van der Waals surface area contributed by atoms with Crippen molar-refractivity contribution in [3.05, 3.63) is 64.1 Å². The summed E-state index contributed by atoms with van der Waals surface area (Å²) in [5, 5.41) is 0.571. The number of nitrogens with one attached hydrogen (secondary N) is 1. The molecule has 0 aliphatic heterocycles. The number of carbonyl (C=O) groups is 1. The Kier molecular flexibility index (Phi) is 4.88. The van der Waals surface area contributed by atoms with Gasteiger partial charge in [-0.25, -0.2) is 9.78 Å². The molecule has 3 rings (SSSR count). The highest BCUT2D eigenvalue weighted by molar-refractivity contribution is 6.03. The topological polar surface area (TPSA) is 90.5 Å². The Morgan fingerprint density at radius 1 is 1.12 bits per heavy atom. The summed E-state index contributed by atoms with van der Waals surface area (Å²) in [4.78, 5) is 31.5. The third kappa shape index (κ3) is 3.51. The SMILES string of the molecule is COc1ccc2c(C(=O)OC(C)c3cccc(OC)n3)cc(=O)[nH]c2c1. The largest absolute Gasteiger partial charge is 0.497 e. The van der Waals surface area contributed by atoms with Crippen LogP contribution >= 0.6 is 0 Å². The zero-order chi connectivity index (χ0) is 18.7. The van der Waals surface area contributed by atoms with E-state index < -0.39 is 17.6 Å². The Balaban J connectivity index is 1.93. The molecule has 2 heterocycles. The number of H-pyrrole nitrogens is 1. The van der Waals surface area contributed by atoms with Crippen LogP contribution in [0.2, 0.25) is 0 Å². The third-order valence-corrected chi connectivity index (χ3v) is 3.92. The number of fused-ring (bicyclic) bond motifs is 1. The Morgan fingerprint density at radius 3 is 2.65 bits per heavy atom. The minimum Gasteiger partial charge on any atom is -0.497 e. The van der Waals surface area contributed by atoms with Gasteiger partial charge in [-0.1, -0.05) is 6.07 Å². The quantitative estimate of drug-likeness (QED) is 0.709. The summed E-state index contributed by atoms with van der Waals surface area (Å²) < 4.78 is 15.7. The summed E-state index contributed by atoms with van der Waals surface area (Å²) in [5.74, 6) is 0.398. The average Bonchev–Trinajstić information content (AvgIpc) is 2.66. The van der Waals surface area contributed by atoms with Gasteiger partial charge >= 0.3 is 5.97 Å². The van der Waals surface area contributed by atoms with Crippen LogP contribution in [-0.2, 0) is 4.74 Å². The van der Waals surface area contributed by atoms with Crippen LogP contribution in [0, 0.1) is 0 Å². The molecule has 0 saturated carbocycles. The van der Waals surface area contributed by atoms with Crippen molar-refractivity contribution in [1.82, 2.24) is 9.97 Å². The number of ether oxygens (including phenoxy) is 3. The molecule has 1 atom stereocenters. The lowest BCUT2D eigenvalue weighted by atomic mass is 10.1. The lowest BCUT2D eigenvalue weighted by molar-refractivity contribution is 0.0330. The van der Waals surface area contributed by atoms with Crippen molar-refractivity contribution in [1.29, 1.82) is 0 Å². The first-order valence-corrected chi connectivity index (χ1v) is 7.95. The molecule has 0 aliphatic rings. The van der Waals surface area contributed by atoms with E-state index in [0.717, 1.165) is 0 Å². The number of hydrogen-bond acceptors (Lipinski definition) is 6. The number of carbonyl (C=O) groups excluding carboxylic acids is 1. The predicted molar refractivity (Wildman–Crippen MR) is 95.7 cm³/mol. The fourth-order valence-electron chi connectivity index (χ4n) is 2.59. The van der Waals surface area contributed by atoms with E-state index in [1.54, 1.807) is 43.3 Å². The molecule has 0 spiro atoms. The van der Waals surface area contributed by atoms with Crippen LogP contribution in [0.25, 0.3) is 10.9 Å². The highest BCUT2D eigenvalue weighted by Gasteiger charge is 2.18. The van der Waals surface area contributed by atoms with E-state index in [1.165, 1.54) is 20.3 Å². The van der Waals surface area contributed by atoms with Crippen molar-refractivity contribution >= 4 is 16.9 Å². The highest BCUT2D eigenvalue weighted by Crippen LogP contribution is 2.24. The number of hydrogen-bond donors (Lipinski definition) is 1. The van der Waals surface area contributed by atoms with E-state index in [2.05, 4.69) is 9.97 Å². The zero-order valence-corrected chi connectivity index (χ0v) is 14.6. The molecular weight excluding hydrogens is 336 g/mol. The van der Waals surface area contributed by atoms with Crippen LogP contribution in [0.5, 0.6) is 11.6 Å². The number of esters is 1. The molecule has 7 nitrogen and oxygen atoms in total. The molecule has 0 fully saturated rings. The van der Waals surface area contributed by atoms with Crippen LogP contribution in [0.4, 0.5) is 0 Å². The van der Waals surface area contributed by atoms with Gasteiger partial charge in [-0.15, -0.1) is 0 Å². The maximum absolute atomic E-state index is 12.6. The maximum Gasteiger partial charge on any atom is 0.339 e. The van der Waals surface area contributed by atoms with Gasteiger partial charge in [-0.05, 0) is 25.1 Å². The lowest BCUT2D eigenvalue weighted by Crippen LogP contribution is -2.15. The summed E-state index contributed by atoms with van der Waals surface area (Å²) in [6.07, 6.45) is -0.606. The van der Waals surface area contributed by atoms with Crippen LogP contribution in [0.1, 0.15) is 29.1 Å². The second-order valence-corrected chi connectivity index (χ2v) is 5.61. The van der Waals surface area contributed by atoms with Crippen molar-refractivity contribution in [2.45, 2.75) is 13.0 Å². The van der Waals surface area contributed by atoms with Crippen LogP contribution in [0.3, 0.4) is 0 Å². The van der Waals surface area contributed by atoms with Crippen molar-refractivity contribution in [3.8, 4) is 11.6 Å². The molecule has 0 radical (unpaired) electrons. The fraction of sp³-hybridized carbons (Fsp3) is 0.211. The maximum atomic E-state index is 12.6. The summed E-state index contributed by atoms with van der Waals surface area (Å²) in [6, 6.07) is 11.5. The smallest absolute Gasteiger partial charge is 0.339 e. The monoisotopic (exact) mass is 354 g/mol. The molecule has 3 aromatic rings. The molecule has 1 aromatic carbocycles. The highest BCUT2D eigenvalue weighted by atomic mass is 16.5. The van der Waals surface area contributed by atoms with Crippen LogP contribution in [0.15, 0.2) is 47.3 Å². The number of aromatic nitrogens is 2. The normalized spacial score (nSPS) is 11.8. The molecule has 0 bridgehead atoms. The molecule has 7 heteroatoms. The van der Waals surface area contributed by atoms with E-state index in [1.807, 2.05) is 0 Å². The molecule has 134 valence electrons. The second kappa shape index (κ2) is 7.26. The van der Waals surface area contributed by atoms with Gasteiger partial charge in [0.15, 0.2) is 0 Å². The second-order valence-electron chi connectivity index (χ2n) is 5.61. The summed E-state index contributed by atoms with van der Waals surface area (Å²) >= 11 is 0. The van der Waals surface area contributed by atoms with E-state index in [0.29, 0.717) is 28.2 Å². The zero-order valence-electron chi connectivity index (χ0n) is 14.6. The molecule has 1 unspecified atom stereocenters. The first-order chi connectivity index (χ1) is 12.5. The van der Waals surface area contributed by atoms with Gasteiger partial charge in [-0.3, -0.25) is 4.79 Å². The number of rotatable bonds is 5. The van der Waals surface area contributed by atoms with Gasteiger partial charge < -0.3 is 19.2 Å². The molecule has 0 amide bonds. The average molecular weight is 354 g/mol. The minimum absolute atomic E-state index is 0.182. The molecule has 1 N–H and O–H groups in total. The number of aromatic amines is 1. The van der Waals surface area contributed by atoms with Gasteiger partial charge in [0.2, 0.25) is 11.4 Å². The Bertz CT molecular complexity index is 1010. The molecular formula is C19H18N2O5. The number of methoxy groups -OCH3 is 2. The first kappa shape index (κ1) is 17.5. The predicted octanol–water partition coefficient (Wildman–Crippen LogP) is 2.86. The third-order valence-electron chi connectivity index (χ3n) is 3.92. The van der Waals surface area contributed by atoms with Crippen molar-refractivity contribution in [2.24, 2.45) is 0 Å². The first-order valence-electron chi connectivity index (χ1n) is 7.95. The number of nitrogens with zero attached hydrogens (tertiary/aromatic N) is 1. The van der Waals surface area contributed by atoms with Crippen LogP contribution in [-0.4, -0.2) is 30.2 Å². The van der Waals surface area contributed by atoms with E-state index in [9.17, 15) is 9.59 Å². The summed E-state index contributed by atoms with van der Waals surface area (Å²) in [6.45, 7) is 1.71. The Hall–Kier alpha value is -3.35. The molecule has 2 aromatic heterocycles. The van der Waals surface area contributed by atoms with E-state index in [-0.39, 0.29) is 5.56 Å². The van der Waals surface area contributed by atoms with Crippen molar-refractivity contribution in [3.63, 3.8) is 0 Å². The summed E-state index contributed by atoms with van der Waals surface area (Å²) in [5.41, 5.74) is 0.829. The lowest BCUT2D eigenvalue weighted by Gasteiger charge is -2.14. The minimum atomic E-state index is -0.608. The Morgan fingerprint density at radius 2 is 1.92 bits per heavy atom. The Labute approximate surface area is 149 Å². The van der Waals surface area contributed by atoms with Gasteiger partial charge in [0.05, 0.1) is 31.0 Å². The standard InChI is InChI=1S/C19H18N2O5/c1-11(15-5-4-6-18(21-15)25-3)26-19(23)14-10-17(22)20-16-9-12(24-2)7-8-13(14)16/h4-11H,1-3H3,(H,20,22). The number of pyridine rings is 2. The van der Waals surface area contributed by atoms with Gasteiger partial charge in [0.25, 0.3) is 0 Å². The van der Waals surface area contributed by atoms with E-state index >= 15 is 0 Å². The van der Waals surface area contributed by atoms with E-state index in [4.69, 9.17) is 14.2 Å². The fourth-order valence-corrected chi connectivity index (χ4v) is 2.59. The van der Waals surface area contributed by atoms with Crippen LogP contribution < -0.4 is 15.0 Å². The number of benzene rings is 1. The van der Waals surface area contributed by atoms with Gasteiger partial charge in [0, 0.05) is 23.6 Å². The van der Waals surface area contributed by atoms with Crippen molar-refractivity contribution < 1.29 is 19.0 Å². The molecule has 0 aliphatic carbocycles. The summed E-state index contributed by atoms with van der Waals surface area (Å²) in [7, 11) is 3.04. The van der Waals surface area contributed by atoms with Gasteiger partial charge in [-0.2, -0.15) is 0 Å². The van der Waals surface area contributed by atoms with Gasteiger partial charge in [0.1, 0.15) is 11.9 Å². The molecule has 0 saturated heterocycles.